The lowest BCUT2D eigenvalue weighted by molar-refractivity contribution is -0.134. The Labute approximate surface area is 205 Å². The summed E-state index contributed by atoms with van der Waals surface area (Å²) < 4.78 is 0. The predicted molar refractivity (Wildman–Crippen MR) is 141 cm³/mol. The van der Waals surface area contributed by atoms with Gasteiger partial charge in [-0.05, 0) is 104 Å². The minimum atomic E-state index is -0.159. The lowest BCUT2D eigenvalue weighted by Gasteiger charge is -2.67. The highest BCUT2D eigenvalue weighted by molar-refractivity contribution is 5.36. The zero-order chi connectivity index (χ0) is 24.4. The Morgan fingerprint density at radius 2 is 1.67 bits per heavy atom. The van der Waals surface area contributed by atoms with Crippen molar-refractivity contribution in [3.63, 3.8) is 0 Å². The summed E-state index contributed by atoms with van der Waals surface area (Å²) in [5.74, 6) is 3.92. The molecule has 1 aliphatic heterocycles. The summed E-state index contributed by atoms with van der Waals surface area (Å²) in [6, 6.07) is 0. The van der Waals surface area contributed by atoms with Crippen LogP contribution in [0.15, 0.2) is 23.8 Å². The average Bonchev–Trinajstić information content (AvgIpc) is 2.74. The van der Waals surface area contributed by atoms with Crippen molar-refractivity contribution in [2.75, 3.05) is 6.54 Å². The molecule has 2 saturated carbocycles. The zero-order valence-electron chi connectivity index (χ0n) is 23.2. The molecule has 3 unspecified atom stereocenters. The molecule has 0 radical (unpaired) electrons. The van der Waals surface area contributed by atoms with Crippen LogP contribution < -0.4 is 5.32 Å². The summed E-state index contributed by atoms with van der Waals surface area (Å²) >= 11 is 0. The van der Waals surface area contributed by atoms with Gasteiger partial charge >= 0.3 is 0 Å². The number of rotatable bonds is 4. The first-order valence-electron chi connectivity index (χ1n) is 14.1. The van der Waals surface area contributed by atoms with Gasteiger partial charge in [-0.25, -0.2) is 0 Å². The third kappa shape index (κ3) is 3.72. The first kappa shape index (κ1) is 25.5. The molecule has 0 aromatic heterocycles. The van der Waals surface area contributed by atoms with Crippen LogP contribution in [0.5, 0.6) is 0 Å². The van der Waals surface area contributed by atoms with E-state index in [4.69, 9.17) is 0 Å². The topological polar surface area (TPSA) is 32.3 Å². The highest BCUT2D eigenvalue weighted by atomic mass is 16.3. The third-order valence-corrected chi connectivity index (χ3v) is 12.1. The third-order valence-electron chi connectivity index (χ3n) is 12.1. The van der Waals surface area contributed by atoms with Gasteiger partial charge in [0.1, 0.15) is 0 Å². The molecular formula is C31H53NO. The Morgan fingerprint density at radius 3 is 2.33 bits per heavy atom. The van der Waals surface area contributed by atoms with Gasteiger partial charge in [-0.1, -0.05) is 79.2 Å². The molecule has 2 heteroatoms. The summed E-state index contributed by atoms with van der Waals surface area (Å²) in [4.78, 5) is 0. The Balaban J connectivity index is 1.67. The van der Waals surface area contributed by atoms with Crippen LogP contribution in [0.2, 0.25) is 0 Å². The number of hydrogen-bond acceptors (Lipinski definition) is 2. The van der Waals surface area contributed by atoms with Crippen LogP contribution in [0.25, 0.3) is 0 Å². The van der Waals surface area contributed by atoms with E-state index >= 15 is 0 Å². The molecule has 2 N–H and O–H groups in total. The summed E-state index contributed by atoms with van der Waals surface area (Å²) in [5.41, 5.74) is 2.40. The molecule has 33 heavy (non-hydrogen) atoms. The molecule has 0 amide bonds. The summed E-state index contributed by atoms with van der Waals surface area (Å²) in [7, 11) is 0. The van der Waals surface area contributed by atoms with Crippen LogP contribution in [0.1, 0.15) is 101 Å². The van der Waals surface area contributed by atoms with Crippen LogP contribution >= 0.6 is 0 Å². The second kappa shape index (κ2) is 8.51. The van der Waals surface area contributed by atoms with Crippen molar-refractivity contribution in [1.29, 1.82) is 0 Å². The van der Waals surface area contributed by atoms with E-state index in [-0.39, 0.29) is 22.5 Å². The minimum Gasteiger partial charge on any atom is -0.393 e. The van der Waals surface area contributed by atoms with E-state index in [1.807, 2.05) is 0 Å². The maximum absolute atomic E-state index is 10.8. The van der Waals surface area contributed by atoms with Gasteiger partial charge in [0.2, 0.25) is 0 Å². The summed E-state index contributed by atoms with van der Waals surface area (Å²) in [6.07, 6.45) is 14.7. The summed E-state index contributed by atoms with van der Waals surface area (Å²) in [5, 5.41) is 15.0. The molecule has 0 aromatic carbocycles. The van der Waals surface area contributed by atoms with Crippen molar-refractivity contribution in [2.24, 2.45) is 51.8 Å². The quantitative estimate of drug-likeness (QED) is 0.433. The molecule has 2 nitrogen and oxygen atoms in total. The second-order valence-corrected chi connectivity index (χ2v) is 14.1. The normalized spacial score (nSPS) is 46.8. The largest absolute Gasteiger partial charge is 0.393 e. The van der Waals surface area contributed by atoms with Gasteiger partial charge in [-0.2, -0.15) is 0 Å². The fourth-order valence-electron chi connectivity index (χ4n) is 9.08. The van der Waals surface area contributed by atoms with Crippen LogP contribution in [0, 0.1) is 51.8 Å². The fraction of sp³-hybridized carbons (Fsp3) is 0.871. The second-order valence-electron chi connectivity index (χ2n) is 14.1. The first-order valence-corrected chi connectivity index (χ1v) is 14.1. The molecule has 188 valence electrons. The molecular weight excluding hydrogens is 402 g/mol. The minimum absolute atomic E-state index is 0.00559. The Bertz CT molecular complexity index is 795. The van der Waals surface area contributed by atoms with E-state index in [9.17, 15) is 5.11 Å². The Kier molecular flexibility index (Phi) is 6.57. The molecule has 4 rings (SSSR count). The monoisotopic (exact) mass is 455 g/mol. The van der Waals surface area contributed by atoms with Gasteiger partial charge < -0.3 is 10.4 Å². The smallest absolute Gasteiger partial charge is 0.0594 e. The van der Waals surface area contributed by atoms with Gasteiger partial charge in [0, 0.05) is 5.54 Å². The standard InChI is InChI=1S/C31H53NO/c1-20(2)21(3)10-11-22(4)23-16-19-32-31(9)25-12-13-26-28(5,6)27(33)15-17-29(26,7)24(25)14-18-30(23,31)8/h10-12,20-24,26-27,32-33H,13-19H2,1-9H3/b11-10+/t21-,22+,23?,24?,26?,27-,29+,30+,31-/m0/s1. The molecule has 0 aromatic rings. The lowest BCUT2D eigenvalue weighted by atomic mass is 9.40. The van der Waals surface area contributed by atoms with Crippen LogP contribution in [0.3, 0.4) is 0 Å². The van der Waals surface area contributed by atoms with Gasteiger partial charge in [0.05, 0.1) is 6.10 Å². The van der Waals surface area contributed by atoms with Crippen molar-refractivity contribution in [3.05, 3.63) is 23.8 Å². The fourth-order valence-corrected chi connectivity index (χ4v) is 9.08. The zero-order valence-corrected chi connectivity index (χ0v) is 23.2. The Morgan fingerprint density at radius 1 is 0.970 bits per heavy atom. The number of aliphatic hydroxyl groups excluding tert-OH is 1. The number of nitrogens with one attached hydrogen (secondary N) is 1. The average molecular weight is 456 g/mol. The molecule has 4 aliphatic rings. The highest BCUT2D eigenvalue weighted by Gasteiger charge is 2.64. The Hall–Kier alpha value is -0.600. The number of allylic oxidation sites excluding steroid dienone is 3. The number of aliphatic hydroxyl groups is 1. The van der Waals surface area contributed by atoms with Crippen molar-refractivity contribution < 1.29 is 5.11 Å². The molecule has 3 aliphatic carbocycles. The van der Waals surface area contributed by atoms with E-state index < -0.39 is 0 Å². The van der Waals surface area contributed by atoms with Crippen LogP contribution in [0.4, 0.5) is 0 Å². The maximum Gasteiger partial charge on any atom is 0.0594 e. The van der Waals surface area contributed by atoms with Crippen LogP contribution in [-0.4, -0.2) is 23.3 Å². The first-order chi connectivity index (χ1) is 15.3. The van der Waals surface area contributed by atoms with Crippen molar-refractivity contribution in [2.45, 2.75) is 112 Å². The molecule has 0 bridgehead atoms. The number of fused-ring (bicyclic) bond motifs is 5. The van der Waals surface area contributed by atoms with Gasteiger partial charge in [0.25, 0.3) is 0 Å². The van der Waals surface area contributed by atoms with Gasteiger partial charge in [-0.3, -0.25) is 0 Å². The van der Waals surface area contributed by atoms with E-state index in [1.165, 1.54) is 25.7 Å². The molecule has 3 fully saturated rings. The molecule has 1 heterocycles. The lowest BCUT2D eigenvalue weighted by Crippen LogP contribution is -2.69. The van der Waals surface area contributed by atoms with E-state index in [2.05, 4.69) is 85.9 Å². The predicted octanol–water partition coefficient (Wildman–Crippen LogP) is 7.39. The van der Waals surface area contributed by atoms with E-state index in [0.29, 0.717) is 35.0 Å². The number of piperidine rings is 1. The van der Waals surface area contributed by atoms with Crippen molar-refractivity contribution in [1.82, 2.24) is 5.32 Å². The van der Waals surface area contributed by atoms with Crippen molar-refractivity contribution >= 4 is 0 Å². The SMILES string of the molecule is CC(C)[C@@H](C)/C=C/[C@@H](C)C1CCN[C@@]2(C)C3=CCC4C(C)(C)[C@@H](O)CC[C@]4(C)C3CC[C@]12C. The molecule has 0 spiro atoms. The van der Waals surface area contributed by atoms with Gasteiger partial charge in [0.15, 0.2) is 0 Å². The van der Waals surface area contributed by atoms with E-state index in [1.54, 1.807) is 5.57 Å². The molecule has 9 atom stereocenters. The highest BCUT2D eigenvalue weighted by Crippen LogP contribution is 2.67. The van der Waals surface area contributed by atoms with Crippen LogP contribution in [-0.2, 0) is 0 Å². The van der Waals surface area contributed by atoms with Gasteiger partial charge in [-0.15, -0.1) is 0 Å². The molecule has 1 saturated heterocycles. The van der Waals surface area contributed by atoms with Crippen molar-refractivity contribution in [3.8, 4) is 0 Å². The number of hydrogen-bond donors (Lipinski definition) is 2. The summed E-state index contributed by atoms with van der Waals surface area (Å²) in [6.45, 7) is 23.0. The van der Waals surface area contributed by atoms with E-state index in [0.717, 1.165) is 25.3 Å². The maximum atomic E-state index is 10.8.